The maximum Gasteiger partial charge on any atom is 0.406 e. The molecular weight excluding hydrogens is 303 g/mol. The van der Waals surface area contributed by atoms with E-state index in [4.69, 9.17) is 5.11 Å². The molecule has 0 unspecified atom stereocenters. The van der Waals surface area contributed by atoms with Crippen molar-refractivity contribution in [1.29, 1.82) is 0 Å². The number of hydrogen-bond donors (Lipinski definition) is 2. The van der Waals surface area contributed by atoms with E-state index in [0.29, 0.717) is 6.07 Å². The van der Waals surface area contributed by atoms with Gasteiger partial charge in [-0.05, 0) is 6.07 Å². The fraction of sp³-hybridized carbons (Fsp3) is 0.273. The van der Waals surface area contributed by atoms with E-state index in [1.165, 1.54) is 0 Å². The molecule has 0 aliphatic carbocycles. The molecule has 0 atom stereocenters. The van der Waals surface area contributed by atoms with Gasteiger partial charge in [0.25, 0.3) is 0 Å². The number of aromatic carboxylic acids is 1. The maximum absolute atomic E-state index is 13.4. The lowest BCUT2D eigenvalue weighted by Crippen LogP contribution is -2.38. The van der Waals surface area contributed by atoms with Crippen molar-refractivity contribution in [1.82, 2.24) is 4.90 Å². The molecule has 1 aromatic rings. The lowest BCUT2D eigenvalue weighted by molar-refractivity contribution is -0.137. The van der Waals surface area contributed by atoms with Crippen LogP contribution < -0.4 is 5.32 Å². The first-order valence-electron chi connectivity index (χ1n) is 5.32. The zero-order valence-corrected chi connectivity index (χ0v) is 10.5. The molecule has 0 heterocycles. The van der Waals surface area contributed by atoms with E-state index in [2.05, 4.69) is 0 Å². The number of alkyl halides is 3. The number of hydrogen-bond acceptors (Lipinski definition) is 2. The van der Waals surface area contributed by atoms with Crippen molar-refractivity contribution >= 4 is 17.7 Å². The van der Waals surface area contributed by atoms with Crippen molar-refractivity contribution in [2.75, 3.05) is 18.9 Å². The molecule has 10 heteroatoms. The maximum atomic E-state index is 13.4. The standard InChI is InChI=1S/C11H9F5N2O3/c1-18(4-11(14,15)16)10(21)17-8-2-5(9(19)20)6(12)3-7(8)13/h2-3H,4H2,1H3,(H,17,21)(H,19,20). The first-order chi connectivity index (χ1) is 9.51. The van der Waals surface area contributed by atoms with E-state index in [1.54, 1.807) is 5.32 Å². The molecule has 0 saturated heterocycles. The number of urea groups is 1. The number of benzene rings is 1. The van der Waals surface area contributed by atoms with Crippen molar-refractivity contribution in [3.8, 4) is 0 Å². The molecular formula is C11H9F5N2O3. The number of carboxylic acid groups (broad SMARTS) is 1. The van der Waals surface area contributed by atoms with Crippen LogP contribution in [-0.4, -0.2) is 41.8 Å². The van der Waals surface area contributed by atoms with Crippen LogP contribution in [0, 0.1) is 11.6 Å². The molecule has 2 N–H and O–H groups in total. The van der Waals surface area contributed by atoms with E-state index < -0.39 is 47.6 Å². The molecule has 2 amide bonds. The lowest BCUT2D eigenvalue weighted by Gasteiger charge is -2.19. The van der Waals surface area contributed by atoms with Crippen molar-refractivity contribution in [3.05, 3.63) is 29.3 Å². The number of carboxylic acids is 1. The second-order valence-electron chi connectivity index (χ2n) is 4.02. The van der Waals surface area contributed by atoms with Crippen LogP contribution in [-0.2, 0) is 0 Å². The molecule has 0 spiro atoms. The molecule has 0 radical (unpaired) electrons. The number of anilines is 1. The Kier molecular flexibility index (Phi) is 4.71. The predicted molar refractivity (Wildman–Crippen MR) is 61.0 cm³/mol. The van der Waals surface area contributed by atoms with Gasteiger partial charge >= 0.3 is 18.2 Å². The number of amides is 2. The molecule has 0 aromatic heterocycles. The van der Waals surface area contributed by atoms with Gasteiger partial charge in [-0.15, -0.1) is 0 Å². The van der Waals surface area contributed by atoms with Gasteiger partial charge in [0.1, 0.15) is 18.2 Å². The molecule has 5 nitrogen and oxygen atoms in total. The Balaban J connectivity index is 2.95. The highest BCUT2D eigenvalue weighted by Crippen LogP contribution is 2.21. The summed E-state index contributed by atoms with van der Waals surface area (Å²) >= 11 is 0. The fourth-order valence-electron chi connectivity index (χ4n) is 1.36. The average Bonchev–Trinajstić information content (AvgIpc) is 2.29. The quantitative estimate of drug-likeness (QED) is 0.843. The number of halogens is 5. The molecule has 0 bridgehead atoms. The third-order valence-corrected chi connectivity index (χ3v) is 2.29. The normalized spacial score (nSPS) is 11.1. The molecule has 0 aliphatic heterocycles. The molecule has 116 valence electrons. The summed E-state index contributed by atoms with van der Waals surface area (Å²) in [6, 6.07) is -0.635. The van der Waals surface area contributed by atoms with E-state index in [1.807, 2.05) is 0 Å². The first-order valence-corrected chi connectivity index (χ1v) is 5.32. The van der Waals surface area contributed by atoms with Gasteiger partial charge in [0.05, 0.1) is 11.3 Å². The minimum absolute atomic E-state index is 0.211. The summed E-state index contributed by atoms with van der Waals surface area (Å²) in [7, 11) is 0.808. The average molecular weight is 312 g/mol. The number of carbonyl (C=O) groups excluding carboxylic acids is 1. The largest absolute Gasteiger partial charge is 0.478 e. The van der Waals surface area contributed by atoms with E-state index in [-0.39, 0.29) is 11.0 Å². The van der Waals surface area contributed by atoms with Gasteiger partial charge in [0.2, 0.25) is 0 Å². The molecule has 1 rings (SSSR count). The molecule has 0 fully saturated rings. The Bertz CT molecular complexity index is 574. The minimum Gasteiger partial charge on any atom is -0.478 e. The van der Waals surface area contributed by atoms with Crippen molar-refractivity contribution in [3.63, 3.8) is 0 Å². The van der Waals surface area contributed by atoms with Crippen LogP contribution >= 0.6 is 0 Å². The number of rotatable bonds is 3. The summed E-state index contributed by atoms with van der Waals surface area (Å²) in [4.78, 5) is 22.3. The zero-order valence-electron chi connectivity index (χ0n) is 10.5. The van der Waals surface area contributed by atoms with Crippen LogP contribution in [0.4, 0.5) is 32.4 Å². The Morgan fingerprint density at radius 3 is 2.29 bits per heavy atom. The number of nitrogens with zero attached hydrogens (tertiary/aromatic N) is 1. The fourth-order valence-corrected chi connectivity index (χ4v) is 1.36. The summed E-state index contributed by atoms with van der Waals surface area (Å²) in [5.41, 5.74) is -1.67. The first kappa shape index (κ1) is 16.7. The zero-order chi connectivity index (χ0) is 16.4. The van der Waals surface area contributed by atoms with Crippen LogP contribution in [0.2, 0.25) is 0 Å². The Labute approximate surface area is 115 Å². The Morgan fingerprint density at radius 1 is 1.24 bits per heavy atom. The second kappa shape index (κ2) is 5.94. The van der Waals surface area contributed by atoms with Crippen LogP contribution in [0.15, 0.2) is 12.1 Å². The third-order valence-electron chi connectivity index (χ3n) is 2.29. The molecule has 1 aromatic carbocycles. The van der Waals surface area contributed by atoms with Crippen molar-refractivity contribution in [2.45, 2.75) is 6.18 Å². The summed E-state index contributed by atoms with van der Waals surface area (Å²) in [6.07, 6.45) is -4.65. The highest BCUT2D eigenvalue weighted by Gasteiger charge is 2.31. The van der Waals surface area contributed by atoms with Gasteiger partial charge < -0.3 is 15.3 Å². The van der Waals surface area contributed by atoms with Gasteiger partial charge in [-0.3, -0.25) is 0 Å². The van der Waals surface area contributed by atoms with Gasteiger partial charge in [0.15, 0.2) is 0 Å². The topological polar surface area (TPSA) is 69.6 Å². The Hall–Kier alpha value is -2.39. The van der Waals surface area contributed by atoms with Gasteiger partial charge in [-0.25, -0.2) is 18.4 Å². The summed E-state index contributed by atoms with van der Waals surface area (Å²) in [5, 5.41) is 10.4. The summed E-state index contributed by atoms with van der Waals surface area (Å²) in [5.74, 6) is -4.40. The second-order valence-corrected chi connectivity index (χ2v) is 4.02. The van der Waals surface area contributed by atoms with Crippen LogP contribution in [0.1, 0.15) is 10.4 Å². The smallest absolute Gasteiger partial charge is 0.406 e. The molecule has 0 saturated carbocycles. The predicted octanol–water partition coefficient (Wildman–Crippen LogP) is 2.69. The lowest BCUT2D eigenvalue weighted by atomic mass is 10.2. The van der Waals surface area contributed by atoms with E-state index in [0.717, 1.165) is 7.05 Å². The monoisotopic (exact) mass is 312 g/mol. The summed E-state index contributed by atoms with van der Waals surface area (Å²) in [6.45, 7) is -1.59. The molecule has 0 aliphatic rings. The Morgan fingerprint density at radius 2 is 1.81 bits per heavy atom. The minimum atomic E-state index is -4.65. The van der Waals surface area contributed by atoms with Gasteiger partial charge in [-0.1, -0.05) is 0 Å². The SMILES string of the molecule is CN(CC(F)(F)F)C(=O)Nc1cc(C(=O)O)c(F)cc1F. The van der Waals surface area contributed by atoms with Crippen molar-refractivity contribution < 1.29 is 36.6 Å². The highest BCUT2D eigenvalue weighted by atomic mass is 19.4. The van der Waals surface area contributed by atoms with Crippen LogP contribution in [0.3, 0.4) is 0 Å². The van der Waals surface area contributed by atoms with Crippen LogP contribution in [0.5, 0.6) is 0 Å². The third kappa shape index (κ3) is 4.58. The van der Waals surface area contributed by atoms with E-state index >= 15 is 0 Å². The van der Waals surface area contributed by atoms with Crippen molar-refractivity contribution in [2.24, 2.45) is 0 Å². The number of carbonyl (C=O) groups is 2. The molecule has 21 heavy (non-hydrogen) atoms. The number of nitrogens with one attached hydrogen (secondary N) is 1. The van der Waals surface area contributed by atoms with E-state index in [9.17, 15) is 31.5 Å². The highest BCUT2D eigenvalue weighted by molar-refractivity contribution is 5.93. The van der Waals surface area contributed by atoms with Crippen LogP contribution in [0.25, 0.3) is 0 Å². The van der Waals surface area contributed by atoms with Gasteiger partial charge in [-0.2, -0.15) is 13.2 Å². The van der Waals surface area contributed by atoms with Gasteiger partial charge in [0, 0.05) is 13.1 Å². The summed E-state index contributed by atoms with van der Waals surface area (Å²) < 4.78 is 62.7.